The van der Waals surface area contributed by atoms with Gasteiger partial charge in [-0.05, 0) is 24.6 Å². The molecular weight excluding hydrogens is 334 g/mol. The lowest BCUT2D eigenvalue weighted by molar-refractivity contribution is -0.161. The first-order valence-corrected chi connectivity index (χ1v) is 8.39. The third-order valence-corrected chi connectivity index (χ3v) is 4.42. The van der Waals surface area contributed by atoms with Crippen molar-refractivity contribution in [2.24, 2.45) is 7.05 Å². The molecule has 0 spiro atoms. The smallest absolute Gasteiger partial charge is 0.274 e. The summed E-state index contributed by atoms with van der Waals surface area (Å²) in [6.45, 7) is 1.99. The summed E-state index contributed by atoms with van der Waals surface area (Å²) >= 11 is 0. The van der Waals surface area contributed by atoms with E-state index in [4.69, 9.17) is 4.74 Å². The van der Waals surface area contributed by atoms with Gasteiger partial charge in [-0.3, -0.25) is 14.4 Å². The van der Waals surface area contributed by atoms with Gasteiger partial charge in [0.25, 0.3) is 5.56 Å². The molecule has 2 heterocycles. The fourth-order valence-electron chi connectivity index (χ4n) is 3.01. The second kappa shape index (κ2) is 7.53. The van der Waals surface area contributed by atoms with Gasteiger partial charge in [-0.1, -0.05) is 30.3 Å². The average molecular weight is 355 g/mol. The van der Waals surface area contributed by atoms with E-state index < -0.39 is 18.1 Å². The summed E-state index contributed by atoms with van der Waals surface area (Å²) in [5.41, 5.74) is 0.777. The van der Waals surface area contributed by atoms with Gasteiger partial charge in [0.2, 0.25) is 11.8 Å². The first kappa shape index (κ1) is 17.9. The van der Waals surface area contributed by atoms with Crippen LogP contribution in [0, 0.1) is 0 Å². The molecule has 1 saturated heterocycles. The highest BCUT2D eigenvalue weighted by Crippen LogP contribution is 2.19. The molecule has 1 N–H and O–H groups in total. The molecule has 0 saturated carbocycles. The first-order valence-electron chi connectivity index (χ1n) is 8.39. The predicted octanol–water partition coefficient (Wildman–Crippen LogP) is 1.14. The zero-order valence-electron chi connectivity index (χ0n) is 14.7. The summed E-state index contributed by atoms with van der Waals surface area (Å²) in [7, 11) is 1.61. The van der Waals surface area contributed by atoms with Crippen LogP contribution in [0.1, 0.15) is 12.5 Å². The molecule has 0 radical (unpaired) electrons. The van der Waals surface area contributed by atoms with Gasteiger partial charge in [-0.2, -0.15) is 0 Å². The van der Waals surface area contributed by atoms with Crippen molar-refractivity contribution in [1.29, 1.82) is 0 Å². The van der Waals surface area contributed by atoms with Crippen LogP contribution < -0.4 is 10.9 Å². The van der Waals surface area contributed by atoms with Crippen LogP contribution in [-0.4, -0.2) is 40.0 Å². The Morgan fingerprint density at radius 3 is 2.65 bits per heavy atom. The fourth-order valence-corrected chi connectivity index (χ4v) is 3.01. The summed E-state index contributed by atoms with van der Waals surface area (Å²) in [5, 5.41) is 2.64. The molecule has 0 unspecified atom stereocenters. The van der Waals surface area contributed by atoms with Gasteiger partial charge in [0.15, 0.2) is 0 Å². The maximum Gasteiger partial charge on any atom is 0.274 e. The van der Waals surface area contributed by atoms with E-state index in [0.717, 1.165) is 5.56 Å². The van der Waals surface area contributed by atoms with Gasteiger partial charge < -0.3 is 19.5 Å². The number of nitrogens with one attached hydrogen (secondary N) is 1. The van der Waals surface area contributed by atoms with Crippen molar-refractivity contribution in [3.63, 3.8) is 0 Å². The highest BCUT2D eigenvalue weighted by molar-refractivity contribution is 5.98. The number of benzene rings is 1. The lowest BCUT2D eigenvalue weighted by Gasteiger charge is -2.38. The summed E-state index contributed by atoms with van der Waals surface area (Å²) < 4.78 is 6.83. The van der Waals surface area contributed by atoms with Gasteiger partial charge in [-0.25, -0.2) is 0 Å². The number of nitrogens with zero attached hydrogens (tertiary/aromatic N) is 2. The Bertz CT molecular complexity index is 863. The molecule has 1 aliphatic heterocycles. The van der Waals surface area contributed by atoms with Crippen LogP contribution in [0.3, 0.4) is 0 Å². The van der Waals surface area contributed by atoms with Crippen LogP contribution in [0.25, 0.3) is 0 Å². The van der Waals surface area contributed by atoms with Crippen molar-refractivity contribution >= 4 is 17.5 Å². The summed E-state index contributed by atoms with van der Waals surface area (Å²) in [6.07, 6.45) is 1.12. The van der Waals surface area contributed by atoms with E-state index in [9.17, 15) is 14.4 Å². The zero-order valence-corrected chi connectivity index (χ0v) is 14.7. The lowest BCUT2D eigenvalue weighted by Crippen LogP contribution is -2.58. The number of hydrogen-bond donors (Lipinski definition) is 1. The van der Waals surface area contributed by atoms with Crippen molar-refractivity contribution in [2.75, 3.05) is 11.9 Å². The molecule has 2 amide bonds. The Morgan fingerprint density at radius 1 is 1.19 bits per heavy atom. The van der Waals surface area contributed by atoms with E-state index >= 15 is 0 Å². The van der Waals surface area contributed by atoms with Crippen molar-refractivity contribution in [2.45, 2.75) is 25.6 Å². The summed E-state index contributed by atoms with van der Waals surface area (Å²) in [6, 6.07) is 11.8. The predicted molar refractivity (Wildman–Crippen MR) is 96.5 cm³/mol. The number of amides is 2. The number of aromatic nitrogens is 1. The van der Waals surface area contributed by atoms with Gasteiger partial charge in [0, 0.05) is 19.8 Å². The monoisotopic (exact) mass is 355 g/mol. The fraction of sp³-hybridized carbons (Fsp3) is 0.316. The van der Waals surface area contributed by atoms with Crippen LogP contribution in [0.15, 0.2) is 53.5 Å². The molecule has 3 rings (SSSR count). The molecule has 2 atom stereocenters. The minimum Gasteiger partial charge on any atom is -0.366 e. The van der Waals surface area contributed by atoms with Crippen LogP contribution in [-0.2, 0) is 27.9 Å². The average Bonchev–Trinajstić information content (AvgIpc) is 2.63. The number of rotatable bonds is 4. The molecule has 1 aromatic heterocycles. The number of carbonyl (C=O) groups is 2. The molecule has 1 aliphatic rings. The number of carbonyl (C=O) groups excluding carboxylic acids is 2. The van der Waals surface area contributed by atoms with E-state index in [1.165, 1.54) is 15.5 Å². The van der Waals surface area contributed by atoms with Gasteiger partial charge in [0.1, 0.15) is 18.3 Å². The van der Waals surface area contributed by atoms with Crippen molar-refractivity contribution in [1.82, 2.24) is 9.47 Å². The Hall–Kier alpha value is -2.93. The Kier molecular flexibility index (Phi) is 5.18. The molecule has 7 heteroatoms. The highest BCUT2D eigenvalue weighted by atomic mass is 16.5. The summed E-state index contributed by atoms with van der Waals surface area (Å²) in [4.78, 5) is 38.9. The molecule has 1 fully saturated rings. The molecular formula is C19H21N3O4. The van der Waals surface area contributed by atoms with Gasteiger partial charge in [-0.15, -0.1) is 0 Å². The Morgan fingerprint density at radius 2 is 1.92 bits per heavy atom. The van der Waals surface area contributed by atoms with Gasteiger partial charge >= 0.3 is 0 Å². The van der Waals surface area contributed by atoms with Crippen molar-refractivity contribution < 1.29 is 14.3 Å². The zero-order chi connectivity index (χ0) is 18.7. The van der Waals surface area contributed by atoms with E-state index in [0.29, 0.717) is 6.54 Å². The summed E-state index contributed by atoms with van der Waals surface area (Å²) in [5.74, 6) is -0.696. The topological polar surface area (TPSA) is 80.6 Å². The van der Waals surface area contributed by atoms with Crippen LogP contribution in [0.4, 0.5) is 5.69 Å². The molecule has 0 aliphatic carbocycles. The standard InChI is InChI=1S/C19H21N3O4/c1-13-17(18(24)20-15-9-6-10-21(2)19(15)25)22(16(23)12-26-13)11-14-7-4-3-5-8-14/h3-10,13,17H,11-12H2,1-2H3,(H,20,24)/t13-,17+/m1/s1. The minimum atomic E-state index is -0.818. The van der Waals surface area contributed by atoms with Crippen molar-refractivity contribution in [3.8, 4) is 0 Å². The maximum absolute atomic E-state index is 12.9. The number of pyridine rings is 1. The van der Waals surface area contributed by atoms with E-state index in [1.54, 1.807) is 26.2 Å². The number of morpholine rings is 1. The normalized spacial score (nSPS) is 20.1. The largest absolute Gasteiger partial charge is 0.366 e. The lowest BCUT2D eigenvalue weighted by atomic mass is 10.1. The van der Waals surface area contributed by atoms with Crippen LogP contribution >= 0.6 is 0 Å². The molecule has 2 aromatic rings. The number of aryl methyl sites for hydroxylation is 1. The van der Waals surface area contributed by atoms with E-state index in [2.05, 4.69) is 5.32 Å². The first-order chi connectivity index (χ1) is 12.5. The number of ether oxygens (including phenoxy) is 1. The highest BCUT2D eigenvalue weighted by Gasteiger charge is 2.39. The van der Waals surface area contributed by atoms with Crippen molar-refractivity contribution in [3.05, 3.63) is 64.6 Å². The third kappa shape index (κ3) is 3.67. The second-order valence-corrected chi connectivity index (χ2v) is 6.30. The Labute approximate surface area is 151 Å². The number of anilines is 1. The minimum absolute atomic E-state index is 0.0646. The molecule has 7 nitrogen and oxygen atoms in total. The quantitative estimate of drug-likeness (QED) is 0.892. The van der Waals surface area contributed by atoms with Crippen LogP contribution in [0.2, 0.25) is 0 Å². The molecule has 0 bridgehead atoms. The molecule has 26 heavy (non-hydrogen) atoms. The third-order valence-electron chi connectivity index (χ3n) is 4.42. The van der Waals surface area contributed by atoms with E-state index in [-0.39, 0.29) is 23.8 Å². The second-order valence-electron chi connectivity index (χ2n) is 6.30. The SMILES string of the molecule is C[C@H]1OCC(=O)N(Cc2ccccc2)[C@@H]1C(=O)Nc1cccn(C)c1=O. The Balaban J connectivity index is 1.85. The van der Waals surface area contributed by atoms with Gasteiger partial charge in [0.05, 0.1) is 6.10 Å². The number of hydrogen-bond acceptors (Lipinski definition) is 4. The molecule has 136 valence electrons. The van der Waals surface area contributed by atoms with Crippen LogP contribution in [0.5, 0.6) is 0 Å². The van der Waals surface area contributed by atoms with E-state index in [1.807, 2.05) is 30.3 Å². The maximum atomic E-state index is 12.9. The molecule has 1 aromatic carbocycles.